The van der Waals surface area contributed by atoms with Crippen molar-refractivity contribution in [2.24, 2.45) is 0 Å². The highest BCUT2D eigenvalue weighted by atomic mass is 32.2. The molecule has 0 aliphatic carbocycles. The predicted molar refractivity (Wildman–Crippen MR) is 75.1 cm³/mol. The van der Waals surface area contributed by atoms with Gasteiger partial charge in [-0.15, -0.1) is 0 Å². The van der Waals surface area contributed by atoms with Gasteiger partial charge in [-0.1, -0.05) is 18.2 Å². The Bertz CT molecular complexity index is 653. The summed E-state index contributed by atoms with van der Waals surface area (Å²) in [6, 6.07) is 7.29. The van der Waals surface area contributed by atoms with E-state index in [9.17, 15) is 8.42 Å². The monoisotopic (exact) mass is 295 g/mol. The average molecular weight is 295 g/mol. The summed E-state index contributed by atoms with van der Waals surface area (Å²) >= 11 is 0. The van der Waals surface area contributed by atoms with Gasteiger partial charge in [0, 0.05) is 12.2 Å². The lowest BCUT2D eigenvalue weighted by Gasteiger charge is -2.15. The van der Waals surface area contributed by atoms with E-state index in [1.807, 2.05) is 31.2 Å². The number of hydrogen-bond donors (Lipinski definition) is 2. The third-order valence-corrected chi connectivity index (χ3v) is 4.41. The van der Waals surface area contributed by atoms with Crippen LogP contribution in [0.2, 0.25) is 0 Å². The summed E-state index contributed by atoms with van der Waals surface area (Å²) in [4.78, 5) is 0.129. The number of aromatic amines is 1. The summed E-state index contributed by atoms with van der Waals surface area (Å²) in [5, 5.41) is 6.13. The molecule has 0 aliphatic rings. The Labute approximate surface area is 118 Å². The van der Waals surface area contributed by atoms with Gasteiger partial charge in [-0.2, -0.15) is 5.10 Å². The number of rotatable bonds is 6. The molecule has 108 valence electrons. The molecule has 0 bridgehead atoms. The van der Waals surface area contributed by atoms with Crippen molar-refractivity contribution in [3.63, 3.8) is 0 Å². The largest absolute Gasteiger partial charge is 0.496 e. The molecule has 7 heteroatoms. The van der Waals surface area contributed by atoms with Crippen LogP contribution in [0, 0.1) is 0 Å². The van der Waals surface area contributed by atoms with E-state index in [2.05, 4.69) is 14.9 Å². The van der Waals surface area contributed by atoms with E-state index in [0.717, 1.165) is 11.3 Å². The van der Waals surface area contributed by atoms with Gasteiger partial charge in [0.2, 0.25) is 10.0 Å². The van der Waals surface area contributed by atoms with Crippen molar-refractivity contribution in [2.75, 3.05) is 7.11 Å². The summed E-state index contributed by atoms with van der Waals surface area (Å²) in [5.74, 6) is 0.752. The fraction of sp³-hybridized carbons (Fsp3) is 0.308. The fourth-order valence-corrected chi connectivity index (χ4v) is 3.11. The zero-order valence-corrected chi connectivity index (χ0v) is 12.1. The average Bonchev–Trinajstić information content (AvgIpc) is 2.93. The summed E-state index contributed by atoms with van der Waals surface area (Å²) in [6.07, 6.45) is 3.16. The molecule has 2 rings (SSSR count). The van der Waals surface area contributed by atoms with Crippen molar-refractivity contribution < 1.29 is 13.2 Å². The highest BCUT2D eigenvalue weighted by Gasteiger charge is 2.19. The Kier molecular flexibility index (Phi) is 4.41. The Morgan fingerprint density at radius 3 is 2.80 bits per heavy atom. The Hall–Kier alpha value is -1.86. The number of methoxy groups -OCH3 is 1. The highest BCUT2D eigenvalue weighted by molar-refractivity contribution is 7.89. The maximum Gasteiger partial charge on any atom is 0.243 e. The molecule has 0 saturated carbocycles. The molecule has 0 saturated heterocycles. The van der Waals surface area contributed by atoms with Crippen molar-refractivity contribution in [3.05, 3.63) is 42.2 Å². The van der Waals surface area contributed by atoms with E-state index in [1.165, 1.54) is 12.4 Å². The number of nitrogens with zero attached hydrogens (tertiary/aromatic N) is 1. The number of ether oxygens (including phenoxy) is 1. The second-order valence-corrected chi connectivity index (χ2v) is 6.19. The van der Waals surface area contributed by atoms with Crippen LogP contribution in [0.15, 0.2) is 41.6 Å². The zero-order chi connectivity index (χ0) is 14.6. The number of benzene rings is 1. The number of H-pyrrole nitrogens is 1. The van der Waals surface area contributed by atoms with Crippen LogP contribution in [-0.4, -0.2) is 31.8 Å². The van der Waals surface area contributed by atoms with Gasteiger partial charge >= 0.3 is 0 Å². The fourth-order valence-electron chi connectivity index (χ4n) is 1.96. The molecule has 1 heterocycles. The van der Waals surface area contributed by atoms with Crippen LogP contribution in [0.25, 0.3) is 0 Å². The first kappa shape index (κ1) is 14.5. The second kappa shape index (κ2) is 6.06. The molecule has 20 heavy (non-hydrogen) atoms. The molecular weight excluding hydrogens is 278 g/mol. The number of sulfonamides is 1. The molecule has 1 unspecified atom stereocenters. The number of hydrogen-bond acceptors (Lipinski definition) is 4. The smallest absolute Gasteiger partial charge is 0.243 e. The first-order valence-corrected chi connectivity index (χ1v) is 7.64. The quantitative estimate of drug-likeness (QED) is 0.842. The van der Waals surface area contributed by atoms with E-state index >= 15 is 0 Å². The first-order chi connectivity index (χ1) is 9.53. The van der Waals surface area contributed by atoms with Gasteiger partial charge in [0.1, 0.15) is 10.6 Å². The molecule has 2 N–H and O–H groups in total. The normalized spacial score (nSPS) is 13.1. The topological polar surface area (TPSA) is 84.1 Å². The molecule has 0 amide bonds. The van der Waals surface area contributed by atoms with Gasteiger partial charge < -0.3 is 4.74 Å². The Morgan fingerprint density at radius 1 is 1.40 bits per heavy atom. The van der Waals surface area contributed by atoms with Gasteiger partial charge in [0.05, 0.1) is 13.3 Å². The maximum absolute atomic E-state index is 12.0. The number of nitrogens with one attached hydrogen (secondary N) is 2. The van der Waals surface area contributed by atoms with E-state index in [1.54, 1.807) is 7.11 Å². The van der Waals surface area contributed by atoms with Crippen LogP contribution >= 0.6 is 0 Å². The minimum atomic E-state index is -3.54. The third kappa shape index (κ3) is 3.37. The standard InChI is InChI=1S/C13H17N3O3S/c1-10(7-11-5-3-4-6-13(11)19-2)16-20(17,18)12-8-14-15-9-12/h3-6,8-10,16H,7H2,1-2H3,(H,14,15). The van der Waals surface area contributed by atoms with Gasteiger partial charge in [-0.3, -0.25) is 5.10 Å². The Balaban J connectivity index is 2.08. The molecule has 2 aromatic rings. The lowest BCUT2D eigenvalue weighted by atomic mass is 10.1. The molecule has 1 aromatic heterocycles. The summed E-state index contributed by atoms with van der Waals surface area (Å²) in [6.45, 7) is 1.81. The van der Waals surface area contributed by atoms with Crippen LogP contribution in [0.3, 0.4) is 0 Å². The minimum Gasteiger partial charge on any atom is -0.496 e. The van der Waals surface area contributed by atoms with Crippen molar-refractivity contribution in [3.8, 4) is 5.75 Å². The van der Waals surface area contributed by atoms with E-state index in [-0.39, 0.29) is 10.9 Å². The lowest BCUT2D eigenvalue weighted by molar-refractivity contribution is 0.407. The van der Waals surface area contributed by atoms with E-state index < -0.39 is 10.0 Å². The lowest BCUT2D eigenvalue weighted by Crippen LogP contribution is -2.34. The third-order valence-electron chi connectivity index (χ3n) is 2.86. The highest BCUT2D eigenvalue weighted by Crippen LogP contribution is 2.19. The van der Waals surface area contributed by atoms with Crippen LogP contribution in [0.1, 0.15) is 12.5 Å². The van der Waals surface area contributed by atoms with Crippen LogP contribution in [0.5, 0.6) is 5.75 Å². The van der Waals surface area contributed by atoms with Crippen molar-refractivity contribution in [2.45, 2.75) is 24.3 Å². The second-order valence-electron chi connectivity index (χ2n) is 4.47. The van der Waals surface area contributed by atoms with Gasteiger partial charge in [0.25, 0.3) is 0 Å². The van der Waals surface area contributed by atoms with Gasteiger partial charge in [-0.05, 0) is 25.0 Å². The van der Waals surface area contributed by atoms with E-state index in [0.29, 0.717) is 6.42 Å². The minimum absolute atomic E-state index is 0.129. The molecule has 0 spiro atoms. The number of aromatic nitrogens is 2. The van der Waals surface area contributed by atoms with Crippen LogP contribution in [-0.2, 0) is 16.4 Å². The molecule has 0 fully saturated rings. The van der Waals surface area contributed by atoms with Gasteiger partial charge in [0.15, 0.2) is 0 Å². The van der Waals surface area contributed by atoms with Crippen molar-refractivity contribution in [1.82, 2.24) is 14.9 Å². The van der Waals surface area contributed by atoms with Gasteiger partial charge in [-0.25, -0.2) is 13.1 Å². The van der Waals surface area contributed by atoms with E-state index in [4.69, 9.17) is 4.74 Å². The zero-order valence-electron chi connectivity index (χ0n) is 11.3. The molecule has 1 atom stereocenters. The first-order valence-electron chi connectivity index (χ1n) is 6.16. The molecule has 0 aliphatic heterocycles. The molecule has 6 nitrogen and oxygen atoms in total. The Morgan fingerprint density at radius 2 is 2.15 bits per heavy atom. The molecule has 0 radical (unpaired) electrons. The summed E-state index contributed by atoms with van der Waals surface area (Å²) < 4.78 is 32.0. The summed E-state index contributed by atoms with van der Waals surface area (Å²) in [7, 11) is -1.94. The van der Waals surface area contributed by atoms with Crippen molar-refractivity contribution >= 4 is 10.0 Å². The molecule has 1 aromatic carbocycles. The predicted octanol–water partition coefficient (Wildman–Crippen LogP) is 1.33. The number of para-hydroxylation sites is 1. The summed E-state index contributed by atoms with van der Waals surface area (Å²) in [5.41, 5.74) is 0.956. The molecular formula is C13H17N3O3S. The SMILES string of the molecule is COc1ccccc1CC(C)NS(=O)(=O)c1cn[nH]c1. The van der Waals surface area contributed by atoms with Crippen LogP contribution in [0.4, 0.5) is 0 Å². The van der Waals surface area contributed by atoms with Crippen molar-refractivity contribution in [1.29, 1.82) is 0 Å². The maximum atomic E-state index is 12.0. The van der Waals surface area contributed by atoms with Crippen LogP contribution < -0.4 is 9.46 Å².